The van der Waals surface area contributed by atoms with E-state index in [0.29, 0.717) is 16.7 Å². The van der Waals surface area contributed by atoms with Crippen LogP contribution in [0.5, 0.6) is 0 Å². The van der Waals surface area contributed by atoms with Crippen molar-refractivity contribution in [3.63, 3.8) is 0 Å². The molecular formula is C28H14F4. The standard InChI is InChI=1S/C28H14F4/c29-18-8-16(9-19(30)13-18)15-4-5-23-26-7-6-22(17-10-20(31)14-21(32)11-17)24-2-1-3-25(28(24)26)27(23)12-15/h1-14H. The fraction of sp³-hybridized carbons (Fsp3) is 0. The molecule has 0 aliphatic heterocycles. The number of benzene rings is 5. The molecule has 4 heteroatoms. The lowest BCUT2D eigenvalue weighted by Crippen LogP contribution is -1.87. The van der Waals surface area contributed by atoms with Crippen LogP contribution in [0.1, 0.15) is 0 Å². The Morgan fingerprint density at radius 2 is 0.938 bits per heavy atom. The average Bonchev–Trinajstić information content (AvgIpc) is 3.08. The molecule has 32 heavy (non-hydrogen) atoms. The van der Waals surface area contributed by atoms with Gasteiger partial charge in [0.1, 0.15) is 23.3 Å². The van der Waals surface area contributed by atoms with Gasteiger partial charge in [-0.25, -0.2) is 17.6 Å². The Morgan fingerprint density at radius 3 is 1.62 bits per heavy atom. The van der Waals surface area contributed by atoms with Crippen LogP contribution in [0, 0.1) is 23.3 Å². The minimum atomic E-state index is -0.627. The second kappa shape index (κ2) is 6.79. The van der Waals surface area contributed by atoms with Crippen LogP contribution >= 0.6 is 0 Å². The minimum Gasteiger partial charge on any atom is -0.207 e. The van der Waals surface area contributed by atoms with Crippen molar-refractivity contribution in [3.8, 4) is 44.5 Å². The Morgan fingerprint density at radius 1 is 0.375 bits per heavy atom. The lowest BCUT2D eigenvalue weighted by molar-refractivity contribution is 0.583. The largest absolute Gasteiger partial charge is 0.207 e. The maximum atomic E-state index is 13.9. The van der Waals surface area contributed by atoms with Crippen LogP contribution in [0.4, 0.5) is 17.6 Å². The quantitative estimate of drug-likeness (QED) is 0.244. The summed E-state index contributed by atoms with van der Waals surface area (Å²) in [4.78, 5) is 0. The third-order valence-corrected chi connectivity index (χ3v) is 6.01. The molecular weight excluding hydrogens is 412 g/mol. The molecule has 0 amide bonds. The normalized spacial score (nSPS) is 11.8. The van der Waals surface area contributed by atoms with Gasteiger partial charge >= 0.3 is 0 Å². The fourth-order valence-corrected chi connectivity index (χ4v) is 4.72. The molecule has 0 atom stereocenters. The second-order valence-electron chi connectivity index (χ2n) is 7.97. The summed E-state index contributed by atoms with van der Waals surface area (Å²) in [6.07, 6.45) is 0. The van der Waals surface area contributed by atoms with Gasteiger partial charge in [-0.2, -0.15) is 0 Å². The van der Waals surface area contributed by atoms with Gasteiger partial charge in [-0.05, 0) is 85.6 Å². The second-order valence-corrected chi connectivity index (χ2v) is 7.97. The molecule has 0 saturated carbocycles. The lowest BCUT2D eigenvalue weighted by Gasteiger charge is -2.10. The molecule has 154 valence electrons. The Balaban J connectivity index is 1.58. The van der Waals surface area contributed by atoms with Gasteiger partial charge in [-0.1, -0.05) is 42.5 Å². The lowest BCUT2D eigenvalue weighted by atomic mass is 9.94. The zero-order valence-electron chi connectivity index (χ0n) is 16.6. The molecule has 1 aliphatic rings. The van der Waals surface area contributed by atoms with Crippen molar-refractivity contribution in [2.75, 3.05) is 0 Å². The summed E-state index contributed by atoms with van der Waals surface area (Å²) >= 11 is 0. The highest BCUT2D eigenvalue weighted by Crippen LogP contribution is 2.50. The Labute approximate surface area is 181 Å². The first-order chi connectivity index (χ1) is 15.5. The highest BCUT2D eigenvalue weighted by Gasteiger charge is 2.23. The molecule has 0 saturated heterocycles. The smallest absolute Gasteiger partial charge is 0.126 e. The summed E-state index contributed by atoms with van der Waals surface area (Å²) in [5.74, 6) is -2.51. The number of halogens is 4. The van der Waals surface area contributed by atoms with Crippen molar-refractivity contribution >= 4 is 10.8 Å². The van der Waals surface area contributed by atoms with Crippen molar-refractivity contribution in [2.24, 2.45) is 0 Å². The molecule has 0 N–H and O–H groups in total. The first kappa shape index (κ1) is 18.8. The number of fused-ring (bicyclic) bond motifs is 3. The molecule has 0 bridgehead atoms. The van der Waals surface area contributed by atoms with Gasteiger partial charge in [0.2, 0.25) is 0 Å². The number of rotatable bonds is 2. The SMILES string of the molecule is Fc1cc(F)cc(-c2ccc3c(c2)-c2cccc4c(-c5cc(F)cc(F)c5)ccc-3c24)c1. The molecule has 0 radical (unpaired) electrons. The third-order valence-electron chi connectivity index (χ3n) is 6.01. The van der Waals surface area contributed by atoms with Gasteiger partial charge in [0.15, 0.2) is 0 Å². The zero-order chi connectivity index (χ0) is 22.0. The van der Waals surface area contributed by atoms with Crippen molar-refractivity contribution in [1.29, 1.82) is 0 Å². The number of hydrogen-bond acceptors (Lipinski definition) is 0. The van der Waals surface area contributed by atoms with E-state index < -0.39 is 23.3 Å². The summed E-state index contributed by atoms with van der Waals surface area (Å²) in [5.41, 5.74) is 6.34. The van der Waals surface area contributed by atoms with E-state index in [2.05, 4.69) is 0 Å². The van der Waals surface area contributed by atoms with E-state index in [4.69, 9.17) is 0 Å². The molecule has 1 aliphatic carbocycles. The van der Waals surface area contributed by atoms with E-state index >= 15 is 0 Å². The van der Waals surface area contributed by atoms with Crippen LogP contribution in [-0.4, -0.2) is 0 Å². The van der Waals surface area contributed by atoms with Crippen molar-refractivity contribution < 1.29 is 17.6 Å². The summed E-state index contributed by atoms with van der Waals surface area (Å²) < 4.78 is 55.2. The number of hydrogen-bond donors (Lipinski definition) is 0. The summed E-state index contributed by atoms with van der Waals surface area (Å²) in [6, 6.07) is 22.4. The highest BCUT2D eigenvalue weighted by molar-refractivity contribution is 6.19. The first-order valence-corrected chi connectivity index (χ1v) is 10.1. The van der Waals surface area contributed by atoms with E-state index in [1.165, 1.54) is 24.3 Å². The van der Waals surface area contributed by atoms with Crippen LogP contribution in [-0.2, 0) is 0 Å². The topological polar surface area (TPSA) is 0 Å². The summed E-state index contributed by atoms with van der Waals surface area (Å²) in [6.45, 7) is 0. The van der Waals surface area contributed by atoms with Gasteiger partial charge in [0.05, 0.1) is 0 Å². The van der Waals surface area contributed by atoms with Crippen LogP contribution < -0.4 is 0 Å². The van der Waals surface area contributed by atoms with Gasteiger partial charge in [0, 0.05) is 12.1 Å². The molecule has 0 heterocycles. The molecule has 0 spiro atoms. The maximum absolute atomic E-state index is 13.9. The Kier molecular flexibility index (Phi) is 3.99. The predicted octanol–water partition coefficient (Wildman–Crippen LogP) is 8.38. The van der Waals surface area contributed by atoms with E-state index in [1.54, 1.807) is 0 Å². The third kappa shape index (κ3) is 2.83. The van der Waals surface area contributed by atoms with E-state index in [9.17, 15) is 17.6 Å². The van der Waals surface area contributed by atoms with Gasteiger partial charge in [-0.15, -0.1) is 0 Å². The van der Waals surface area contributed by atoms with Crippen molar-refractivity contribution in [2.45, 2.75) is 0 Å². The molecule has 5 aromatic rings. The monoisotopic (exact) mass is 426 g/mol. The predicted molar refractivity (Wildman–Crippen MR) is 119 cm³/mol. The molecule has 6 rings (SSSR count). The minimum absolute atomic E-state index is 0.462. The Bertz CT molecular complexity index is 1530. The van der Waals surface area contributed by atoms with Gasteiger partial charge < -0.3 is 0 Å². The molecule has 0 unspecified atom stereocenters. The van der Waals surface area contributed by atoms with Crippen LogP contribution in [0.15, 0.2) is 84.9 Å². The Hall–Kier alpha value is -3.92. The van der Waals surface area contributed by atoms with Crippen LogP contribution in [0.2, 0.25) is 0 Å². The molecule has 5 aromatic carbocycles. The zero-order valence-corrected chi connectivity index (χ0v) is 16.6. The molecule has 0 fully saturated rings. The van der Waals surface area contributed by atoms with Crippen LogP contribution in [0.25, 0.3) is 55.3 Å². The maximum Gasteiger partial charge on any atom is 0.126 e. The summed E-state index contributed by atoms with van der Waals surface area (Å²) in [5, 5.41) is 1.88. The average molecular weight is 426 g/mol. The first-order valence-electron chi connectivity index (χ1n) is 10.1. The molecule has 0 aromatic heterocycles. The summed E-state index contributed by atoms with van der Waals surface area (Å²) in [7, 11) is 0. The van der Waals surface area contributed by atoms with E-state index in [-0.39, 0.29) is 0 Å². The van der Waals surface area contributed by atoms with Gasteiger partial charge in [-0.3, -0.25) is 0 Å². The van der Waals surface area contributed by atoms with Gasteiger partial charge in [0.25, 0.3) is 0 Å². The molecule has 0 nitrogen and oxygen atoms in total. The van der Waals surface area contributed by atoms with Crippen molar-refractivity contribution in [3.05, 3.63) is 108 Å². The van der Waals surface area contributed by atoms with Crippen LogP contribution in [0.3, 0.4) is 0 Å². The van der Waals surface area contributed by atoms with E-state index in [1.807, 2.05) is 48.5 Å². The van der Waals surface area contributed by atoms with Crippen molar-refractivity contribution in [1.82, 2.24) is 0 Å². The highest BCUT2D eigenvalue weighted by atomic mass is 19.1. The fourth-order valence-electron chi connectivity index (χ4n) is 4.72. The van der Waals surface area contributed by atoms with E-state index in [0.717, 1.165) is 50.7 Å².